The lowest BCUT2D eigenvalue weighted by Gasteiger charge is -2.41. The van der Waals surface area contributed by atoms with Crippen molar-refractivity contribution in [1.29, 1.82) is 0 Å². The molecule has 0 saturated heterocycles. The van der Waals surface area contributed by atoms with Gasteiger partial charge < -0.3 is 9.80 Å². The van der Waals surface area contributed by atoms with Crippen LogP contribution < -0.4 is 9.80 Å². The second-order valence-electron chi connectivity index (χ2n) is 18.1. The summed E-state index contributed by atoms with van der Waals surface area (Å²) < 4.78 is 0. The van der Waals surface area contributed by atoms with E-state index in [1.54, 1.807) is 0 Å². The number of aromatic nitrogens is 2. The Hall–Kier alpha value is -6.66. The van der Waals surface area contributed by atoms with Crippen LogP contribution in [0.3, 0.4) is 0 Å². The van der Waals surface area contributed by atoms with Gasteiger partial charge >= 0.3 is 0 Å². The maximum Gasteiger partial charge on any atom is 0.138 e. The molecule has 60 heavy (non-hydrogen) atoms. The lowest BCUT2D eigenvalue weighted by Crippen LogP contribution is -2.53. The topological polar surface area (TPSA) is 57.0 Å². The number of nitrogens with zero attached hydrogens (tertiary/aromatic N) is 6. The van der Waals surface area contributed by atoms with Crippen molar-refractivity contribution in [2.45, 2.75) is 77.5 Å². The highest BCUT2D eigenvalue weighted by Crippen LogP contribution is 2.44. The highest BCUT2D eigenvalue weighted by Gasteiger charge is 2.51. The number of amidine groups is 2. The largest absolute Gasteiger partial charge is 0.318 e. The zero-order valence-corrected chi connectivity index (χ0v) is 35.8. The molecular formula is C54H52N6. The van der Waals surface area contributed by atoms with Crippen molar-refractivity contribution in [2.24, 2.45) is 9.98 Å². The van der Waals surface area contributed by atoms with Gasteiger partial charge in [0.25, 0.3) is 0 Å². The molecule has 6 heteroatoms. The summed E-state index contributed by atoms with van der Waals surface area (Å²) in [5.74, 6) is 1.86. The van der Waals surface area contributed by atoms with Gasteiger partial charge in [0, 0.05) is 46.0 Å². The molecule has 0 saturated carbocycles. The number of hydrogen-bond acceptors (Lipinski definition) is 6. The van der Waals surface area contributed by atoms with E-state index in [0.29, 0.717) is 0 Å². The summed E-state index contributed by atoms with van der Waals surface area (Å²) in [7, 11) is 0. The molecule has 7 aromatic rings. The quantitative estimate of drug-likeness (QED) is 0.154. The minimum atomic E-state index is -0.310. The van der Waals surface area contributed by atoms with Gasteiger partial charge in [0.2, 0.25) is 0 Å². The molecule has 5 aromatic carbocycles. The first-order chi connectivity index (χ1) is 28.7. The number of aliphatic imine (C=N–C) groups is 2. The van der Waals surface area contributed by atoms with Crippen LogP contribution >= 0.6 is 0 Å². The van der Waals surface area contributed by atoms with E-state index in [-0.39, 0.29) is 22.2 Å². The van der Waals surface area contributed by atoms with E-state index in [0.717, 1.165) is 67.8 Å². The summed E-state index contributed by atoms with van der Waals surface area (Å²) >= 11 is 0. The van der Waals surface area contributed by atoms with E-state index >= 15 is 0 Å². The third kappa shape index (κ3) is 6.70. The smallest absolute Gasteiger partial charge is 0.138 e. The monoisotopic (exact) mass is 784 g/mol. The van der Waals surface area contributed by atoms with Crippen LogP contribution in [0, 0.1) is 0 Å². The van der Waals surface area contributed by atoms with Crippen LogP contribution in [0.5, 0.6) is 0 Å². The van der Waals surface area contributed by atoms with Gasteiger partial charge in [0.05, 0.1) is 33.5 Å². The molecule has 0 spiro atoms. The molecular weight excluding hydrogens is 733 g/mol. The Morgan fingerprint density at radius 1 is 0.333 bits per heavy atom. The molecule has 0 radical (unpaired) electrons. The second kappa shape index (κ2) is 14.6. The SMILES string of the molecule is CC1(C)N=C(c2ccc(-c3cc(-c4ccc(-c5ccccc5)cc4)cc(-c4ccc(C5=NC(C)(C)C(C)(C)N5c5ccccc5)cn4)c3)nc2)N(c2ccccc2)C1(C)C. The van der Waals surface area contributed by atoms with Crippen LogP contribution in [0.1, 0.15) is 66.5 Å². The Bertz CT molecular complexity index is 2570. The lowest BCUT2D eigenvalue weighted by molar-refractivity contribution is 0.338. The summed E-state index contributed by atoms with van der Waals surface area (Å²) in [6.45, 7) is 17.9. The summed E-state index contributed by atoms with van der Waals surface area (Å²) in [4.78, 5) is 25.5. The predicted octanol–water partition coefficient (Wildman–Crippen LogP) is 12.8. The number of benzene rings is 5. The van der Waals surface area contributed by atoms with Crippen molar-refractivity contribution in [2.75, 3.05) is 9.80 Å². The van der Waals surface area contributed by atoms with Crippen molar-refractivity contribution in [3.05, 3.63) is 181 Å². The molecule has 0 unspecified atom stereocenters. The zero-order valence-electron chi connectivity index (χ0n) is 35.8. The van der Waals surface area contributed by atoms with Gasteiger partial charge in [-0.15, -0.1) is 0 Å². The van der Waals surface area contributed by atoms with E-state index in [1.165, 1.54) is 11.1 Å². The molecule has 0 fully saturated rings. The molecule has 2 aliphatic heterocycles. The molecule has 0 bridgehead atoms. The van der Waals surface area contributed by atoms with Crippen molar-refractivity contribution in [1.82, 2.24) is 9.97 Å². The highest BCUT2D eigenvalue weighted by molar-refractivity contribution is 6.13. The average molecular weight is 785 g/mol. The Kier molecular flexibility index (Phi) is 9.42. The number of anilines is 2. The summed E-state index contributed by atoms with van der Waals surface area (Å²) in [6.07, 6.45) is 3.94. The number of hydrogen-bond donors (Lipinski definition) is 0. The Morgan fingerprint density at radius 3 is 1.05 bits per heavy atom. The summed E-state index contributed by atoms with van der Waals surface area (Å²) in [5, 5.41) is 0. The van der Waals surface area contributed by atoms with Gasteiger partial charge in [0.1, 0.15) is 11.7 Å². The van der Waals surface area contributed by atoms with E-state index in [2.05, 4.69) is 223 Å². The van der Waals surface area contributed by atoms with E-state index in [9.17, 15) is 0 Å². The van der Waals surface area contributed by atoms with Crippen LogP contribution in [0.15, 0.2) is 180 Å². The van der Waals surface area contributed by atoms with Gasteiger partial charge in [-0.2, -0.15) is 0 Å². The molecule has 298 valence electrons. The van der Waals surface area contributed by atoms with Gasteiger partial charge in [0.15, 0.2) is 0 Å². The normalized spacial score (nSPS) is 17.3. The van der Waals surface area contributed by atoms with Crippen LogP contribution in [-0.2, 0) is 0 Å². The molecule has 0 N–H and O–H groups in total. The van der Waals surface area contributed by atoms with Crippen molar-refractivity contribution >= 4 is 23.0 Å². The van der Waals surface area contributed by atoms with Crippen LogP contribution in [0.4, 0.5) is 11.4 Å². The standard InChI is InChI=1S/C54H52N6/c1-51(2)53(5,6)59(45-20-14-10-15-21-45)49(57-51)40-28-30-47(55-35-40)43-32-42(39-26-24-38(25-27-39)37-18-12-9-13-19-37)33-44(34-43)48-31-29-41(36-56-48)50-58-52(3,4)54(7,8)60(50)46-22-16-11-17-23-46/h9-36H,1-8H3. The molecule has 0 atom stereocenters. The lowest BCUT2D eigenvalue weighted by atomic mass is 9.83. The van der Waals surface area contributed by atoms with Gasteiger partial charge in [-0.1, -0.05) is 91.0 Å². The Morgan fingerprint density at radius 2 is 0.667 bits per heavy atom. The van der Waals surface area contributed by atoms with Crippen LogP contribution in [0.2, 0.25) is 0 Å². The third-order valence-electron chi connectivity index (χ3n) is 13.2. The molecule has 2 aromatic heterocycles. The van der Waals surface area contributed by atoms with E-state index < -0.39 is 0 Å². The van der Waals surface area contributed by atoms with E-state index in [1.807, 2.05) is 12.4 Å². The maximum atomic E-state index is 5.30. The summed E-state index contributed by atoms with van der Waals surface area (Å²) in [5.41, 5.74) is 11.5. The van der Waals surface area contributed by atoms with Crippen molar-refractivity contribution < 1.29 is 0 Å². The zero-order chi connectivity index (χ0) is 41.9. The molecule has 6 nitrogen and oxygen atoms in total. The number of rotatable bonds is 8. The minimum absolute atomic E-state index is 0.249. The number of pyridine rings is 2. The fourth-order valence-electron chi connectivity index (χ4n) is 8.38. The average Bonchev–Trinajstić information content (AvgIpc) is 3.59. The highest BCUT2D eigenvalue weighted by atomic mass is 15.3. The first-order valence-corrected chi connectivity index (χ1v) is 20.9. The molecule has 9 rings (SSSR count). The first kappa shape index (κ1) is 38.8. The molecule has 0 amide bonds. The van der Waals surface area contributed by atoms with Gasteiger partial charge in [-0.25, -0.2) is 0 Å². The van der Waals surface area contributed by atoms with Crippen molar-refractivity contribution in [3.8, 4) is 44.8 Å². The van der Waals surface area contributed by atoms with Gasteiger partial charge in [-0.05, 0) is 144 Å². The van der Waals surface area contributed by atoms with E-state index in [4.69, 9.17) is 20.0 Å². The third-order valence-corrected chi connectivity index (χ3v) is 13.2. The summed E-state index contributed by atoms with van der Waals surface area (Å²) in [6, 6.07) is 55.6. The predicted molar refractivity (Wildman–Crippen MR) is 251 cm³/mol. The van der Waals surface area contributed by atoms with Gasteiger partial charge in [-0.3, -0.25) is 20.0 Å². The first-order valence-electron chi connectivity index (χ1n) is 20.9. The van der Waals surface area contributed by atoms with Crippen LogP contribution in [-0.4, -0.2) is 43.8 Å². The molecule has 4 heterocycles. The Balaban J connectivity index is 1.10. The fourth-order valence-corrected chi connectivity index (χ4v) is 8.38. The number of para-hydroxylation sites is 2. The minimum Gasteiger partial charge on any atom is -0.318 e. The molecule has 2 aliphatic rings. The Labute approximate surface area is 355 Å². The maximum absolute atomic E-state index is 5.30. The van der Waals surface area contributed by atoms with Crippen LogP contribution in [0.25, 0.3) is 44.8 Å². The fraction of sp³-hybridized carbons (Fsp3) is 0.222. The second-order valence-corrected chi connectivity index (χ2v) is 18.1. The van der Waals surface area contributed by atoms with Crippen molar-refractivity contribution in [3.63, 3.8) is 0 Å². The molecule has 0 aliphatic carbocycles.